The number of carboxylic acids is 4. The highest BCUT2D eigenvalue weighted by Crippen LogP contribution is 2.40. The van der Waals surface area contributed by atoms with E-state index in [0.29, 0.717) is 0 Å². The highest BCUT2D eigenvalue weighted by molar-refractivity contribution is 5.88. The van der Waals surface area contributed by atoms with Gasteiger partial charge in [-0.2, -0.15) is 0 Å². The third-order valence-electron chi connectivity index (χ3n) is 2.91. The Morgan fingerprint density at radius 3 is 1.12 bits per heavy atom. The number of carbonyl (C=O) groups excluding carboxylic acids is 4. The summed E-state index contributed by atoms with van der Waals surface area (Å²) in [6, 6.07) is 0. The molecule has 0 spiro atoms. The number of carboxylic acid groups (broad SMARTS) is 4. The summed E-state index contributed by atoms with van der Waals surface area (Å²) < 4.78 is 0. The Balaban J connectivity index is 3.17. The van der Waals surface area contributed by atoms with Crippen LogP contribution < -0.4 is 20.4 Å². The molecule has 0 radical (unpaired) electrons. The van der Waals surface area contributed by atoms with E-state index in [0.717, 1.165) is 0 Å². The molecule has 0 amide bonds. The molecular formula is C9H6O8-4. The van der Waals surface area contributed by atoms with Crippen molar-refractivity contribution in [3.8, 4) is 0 Å². The Morgan fingerprint density at radius 1 is 0.647 bits per heavy atom. The van der Waals surface area contributed by atoms with Gasteiger partial charge in [-0.15, -0.1) is 0 Å². The van der Waals surface area contributed by atoms with Gasteiger partial charge in [0, 0.05) is 47.5 Å². The van der Waals surface area contributed by atoms with Crippen LogP contribution in [0.2, 0.25) is 0 Å². The first-order valence-electron chi connectivity index (χ1n) is 4.60. The van der Waals surface area contributed by atoms with Gasteiger partial charge in [0.15, 0.2) is 0 Å². The van der Waals surface area contributed by atoms with Crippen molar-refractivity contribution in [2.24, 2.45) is 23.7 Å². The fourth-order valence-electron chi connectivity index (χ4n) is 2.17. The Morgan fingerprint density at radius 2 is 0.941 bits per heavy atom. The van der Waals surface area contributed by atoms with Crippen LogP contribution in [0.4, 0.5) is 0 Å². The van der Waals surface area contributed by atoms with E-state index in [1.807, 2.05) is 0 Å². The molecule has 17 heavy (non-hydrogen) atoms. The normalized spacial score (nSPS) is 32.0. The lowest BCUT2D eigenvalue weighted by Gasteiger charge is -2.28. The van der Waals surface area contributed by atoms with Gasteiger partial charge in [-0.3, -0.25) is 0 Å². The molecule has 0 aromatic carbocycles. The van der Waals surface area contributed by atoms with E-state index in [4.69, 9.17) is 0 Å². The molecule has 0 unspecified atom stereocenters. The van der Waals surface area contributed by atoms with E-state index >= 15 is 0 Å². The number of aliphatic carboxylic acids is 4. The van der Waals surface area contributed by atoms with Gasteiger partial charge in [0.05, 0.1) is 0 Å². The maximum atomic E-state index is 10.7. The third-order valence-corrected chi connectivity index (χ3v) is 2.91. The molecule has 0 aliphatic heterocycles. The highest BCUT2D eigenvalue weighted by atomic mass is 16.4. The quantitative estimate of drug-likeness (QED) is 0.470. The molecule has 4 atom stereocenters. The minimum absolute atomic E-state index is 0.692. The number of rotatable bonds is 4. The molecule has 1 saturated carbocycles. The van der Waals surface area contributed by atoms with Crippen LogP contribution in [0, 0.1) is 23.7 Å². The Kier molecular flexibility index (Phi) is 3.35. The summed E-state index contributed by atoms with van der Waals surface area (Å²) >= 11 is 0. The van der Waals surface area contributed by atoms with Crippen molar-refractivity contribution < 1.29 is 39.6 Å². The number of hydrogen-bond acceptors (Lipinski definition) is 8. The first-order chi connectivity index (χ1) is 7.77. The molecule has 0 bridgehead atoms. The summed E-state index contributed by atoms with van der Waals surface area (Å²) in [7, 11) is 0. The highest BCUT2D eigenvalue weighted by Gasteiger charge is 2.45. The minimum atomic E-state index is -1.99. The van der Waals surface area contributed by atoms with Gasteiger partial charge in [0.1, 0.15) is 0 Å². The minimum Gasteiger partial charge on any atom is -0.550 e. The molecule has 1 aliphatic carbocycles. The fraction of sp³-hybridized carbons (Fsp3) is 0.556. The van der Waals surface area contributed by atoms with Crippen LogP contribution in [0.3, 0.4) is 0 Å². The van der Waals surface area contributed by atoms with Crippen LogP contribution in [0.5, 0.6) is 0 Å². The second-order valence-corrected chi connectivity index (χ2v) is 3.78. The lowest BCUT2D eigenvalue weighted by molar-refractivity contribution is -0.335. The summed E-state index contributed by atoms with van der Waals surface area (Å²) in [5.41, 5.74) is 0. The van der Waals surface area contributed by atoms with Gasteiger partial charge in [-0.25, -0.2) is 0 Å². The van der Waals surface area contributed by atoms with Crippen molar-refractivity contribution >= 4 is 23.9 Å². The molecule has 1 rings (SSSR count). The summed E-state index contributed by atoms with van der Waals surface area (Å²) in [5, 5.41) is 42.6. The van der Waals surface area contributed by atoms with Gasteiger partial charge in [0.2, 0.25) is 0 Å². The second-order valence-electron chi connectivity index (χ2n) is 3.78. The first kappa shape index (κ1) is 12.9. The molecule has 0 saturated heterocycles. The lowest BCUT2D eigenvalue weighted by atomic mass is 9.87. The van der Waals surface area contributed by atoms with E-state index in [9.17, 15) is 39.6 Å². The van der Waals surface area contributed by atoms with Crippen LogP contribution in [-0.4, -0.2) is 23.9 Å². The van der Waals surface area contributed by atoms with Crippen LogP contribution in [0.25, 0.3) is 0 Å². The lowest BCUT2D eigenvalue weighted by Crippen LogP contribution is -2.49. The van der Waals surface area contributed by atoms with Crippen molar-refractivity contribution in [3.63, 3.8) is 0 Å². The van der Waals surface area contributed by atoms with Gasteiger partial charge >= 0.3 is 0 Å². The fourth-order valence-corrected chi connectivity index (χ4v) is 2.17. The van der Waals surface area contributed by atoms with E-state index < -0.39 is 54.0 Å². The molecular weight excluding hydrogens is 236 g/mol. The van der Waals surface area contributed by atoms with Crippen LogP contribution in [0.15, 0.2) is 0 Å². The van der Waals surface area contributed by atoms with Crippen molar-refractivity contribution in [1.82, 2.24) is 0 Å². The van der Waals surface area contributed by atoms with E-state index in [1.54, 1.807) is 0 Å². The van der Waals surface area contributed by atoms with Crippen molar-refractivity contribution in [2.45, 2.75) is 6.42 Å². The summed E-state index contributed by atoms with van der Waals surface area (Å²) in [4.78, 5) is 42.6. The van der Waals surface area contributed by atoms with Gasteiger partial charge in [-0.1, -0.05) is 0 Å². The monoisotopic (exact) mass is 242 g/mol. The largest absolute Gasteiger partial charge is 0.550 e. The molecule has 94 valence electrons. The summed E-state index contributed by atoms with van der Waals surface area (Å²) in [6.45, 7) is 0. The maximum absolute atomic E-state index is 10.7. The summed E-state index contributed by atoms with van der Waals surface area (Å²) in [6.07, 6.45) is -0.692. The number of hydrogen-bond donors (Lipinski definition) is 0. The third kappa shape index (κ3) is 2.19. The molecule has 1 aliphatic rings. The molecule has 0 aromatic heterocycles. The zero-order chi connectivity index (χ0) is 13.3. The van der Waals surface area contributed by atoms with Crippen LogP contribution in [-0.2, 0) is 19.2 Å². The standard InChI is InChI=1S/C9H10O8/c10-6(11)2-1-3(7(12)13)5(9(16)17)4(2)8(14)15/h2-5H,1H2,(H,10,11)(H,12,13)(H,14,15)(H,16,17)/p-4/t2-,3-,4-,5+/m1/s1. The van der Waals surface area contributed by atoms with E-state index in [-0.39, 0.29) is 0 Å². The van der Waals surface area contributed by atoms with Gasteiger partial charge in [0.25, 0.3) is 0 Å². The second kappa shape index (κ2) is 4.40. The molecule has 1 fully saturated rings. The van der Waals surface area contributed by atoms with Crippen molar-refractivity contribution in [3.05, 3.63) is 0 Å². The average Bonchev–Trinajstić information content (AvgIpc) is 2.56. The van der Waals surface area contributed by atoms with Crippen molar-refractivity contribution in [2.75, 3.05) is 0 Å². The summed E-state index contributed by atoms with van der Waals surface area (Å²) in [5.74, 6) is -15.1. The zero-order valence-corrected chi connectivity index (χ0v) is 8.28. The predicted octanol–water partition coefficient (Wildman–Crippen LogP) is -6.15. The van der Waals surface area contributed by atoms with E-state index in [2.05, 4.69) is 0 Å². The zero-order valence-electron chi connectivity index (χ0n) is 8.28. The van der Waals surface area contributed by atoms with E-state index in [1.165, 1.54) is 0 Å². The Hall–Kier alpha value is -2.12. The molecule has 8 nitrogen and oxygen atoms in total. The molecule has 8 heteroatoms. The number of carbonyl (C=O) groups is 4. The SMILES string of the molecule is O=C([O-])[C@@H]1[C@H](C(=O)[O-])[C@H](C(=O)[O-])C[C@H]1C(=O)[O-]. The van der Waals surface area contributed by atoms with Crippen molar-refractivity contribution in [1.29, 1.82) is 0 Å². The first-order valence-corrected chi connectivity index (χ1v) is 4.60. The average molecular weight is 242 g/mol. The Bertz CT molecular complexity index is 350. The maximum Gasteiger partial charge on any atom is 0.0458 e. The predicted molar refractivity (Wildman–Crippen MR) is 38.6 cm³/mol. The van der Waals surface area contributed by atoms with Gasteiger partial charge in [-0.05, 0) is 6.42 Å². The molecule has 0 heterocycles. The van der Waals surface area contributed by atoms with Crippen LogP contribution >= 0.6 is 0 Å². The topological polar surface area (TPSA) is 161 Å². The molecule has 0 N–H and O–H groups in total. The Labute approximate surface area is 94.5 Å². The molecule has 0 aromatic rings. The van der Waals surface area contributed by atoms with Crippen LogP contribution in [0.1, 0.15) is 6.42 Å². The van der Waals surface area contributed by atoms with Gasteiger partial charge < -0.3 is 39.6 Å². The smallest absolute Gasteiger partial charge is 0.0458 e.